The highest BCUT2D eigenvalue weighted by molar-refractivity contribution is 5.22. The Labute approximate surface area is 122 Å². The van der Waals surface area contributed by atoms with Crippen LogP contribution in [0.15, 0.2) is 24.3 Å². The highest BCUT2D eigenvalue weighted by Gasteiger charge is 2.06. The van der Waals surface area contributed by atoms with Gasteiger partial charge in [0.1, 0.15) is 0 Å². The first kappa shape index (κ1) is 17.1. The predicted octanol–water partition coefficient (Wildman–Crippen LogP) is 2.02. The van der Waals surface area contributed by atoms with Crippen molar-refractivity contribution in [2.75, 3.05) is 39.5 Å². The molecule has 0 aliphatic rings. The minimum atomic E-state index is 0.596. The molecule has 4 heteroatoms. The van der Waals surface area contributed by atoms with Gasteiger partial charge in [0.05, 0.1) is 13.2 Å². The van der Waals surface area contributed by atoms with Crippen LogP contribution in [0, 0.1) is 0 Å². The van der Waals surface area contributed by atoms with Crippen LogP contribution in [0.25, 0.3) is 0 Å². The molecular weight excluding hydrogens is 252 g/mol. The van der Waals surface area contributed by atoms with Gasteiger partial charge in [0.25, 0.3) is 0 Å². The molecule has 1 aromatic carbocycles. The van der Waals surface area contributed by atoms with Crippen LogP contribution in [0.4, 0.5) is 0 Å². The van der Waals surface area contributed by atoms with Gasteiger partial charge in [0.15, 0.2) is 0 Å². The fourth-order valence-electron chi connectivity index (χ4n) is 1.98. The molecule has 1 aromatic rings. The van der Waals surface area contributed by atoms with E-state index in [1.165, 1.54) is 11.1 Å². The van der Waals surface area contributed by atoms with Gasteiger partial charge in [-0.15, -0.1) is 0 Å². The summed E-state index contributed by atoms with van der Waals surface area (Å²) in [6.45, 7) is 10.5. The van der Waals surface area contributed by atoms with Crippen LogP contribution >= 0.6 is 0 Å². The van der Waals surface area contributed by atoms with Crippen LogP contribution in [-0.2, 0) is 22.6 Å². The van der Waals surface area contributed by atoms with Gasteiger partial charge < -0.3 is 15.2 Å². The Hall–Kier alpha value is -0.940. The largest absolute Gasteiger partial charge is 0.380 e. The molecule has 0 aliphatic carbocycles. The molecule has 0 fully saturated rings. The maximum atomic E-state index is 5.62. The fraction of sp³-hybridized carbons (Fsp3) is 0.625. The quantitative estimate of drug-likeness (QED) is 0.630. The number of nitrogens with zero attached hydrogens (tertiary/aromatic N) is 1. The van der Waals surface area contributed by atoms with Crippen molar-refractivity contribution in [2.45, 2.75) is 26.9 Å². The zero-order chi connectivity index (χ0) is 14.6. The van der Waals surface area contributed by atoms with E-state index in [0.29, 0.717) is 6.54 Å². The summed E-state index contributed by atoms with van der Waals surface area (Å²) in [5, 5.41) is 0. The van der Waals surface area contributed by atoms with Crippen molar-refractivity contribution in [1.29, 1.82) is 0 Å². The van der Waals surface area contributed by atoms with E-state index in [0.717, 1.165) is 46.1 Å². The Morgan fingerprint density at radius 3 is 1.85 bits per heavy atom. The van der Waals surface area contributed by atoms with Gasteiger partial charge in [-0.3, -0.25) is 4.90 Å². The molecule has 4 nitrogen and oxygen atoms in total. The average Bonchev–Trinajstić information content (AvgIpc) is 2.48. The zero-order valence-electron chi connectivity index (χ0n) is 12.8. The second-order valence-electron chi connectivity index (χ2n) is 4.69. The van der Waals surface area contributed by atoms with Crippen molar-refractivity contribution in [3.8, 4) is 0 Å². The van der Waals surface area contributed by atoms with Crippen molar-refractivity contribution in [1.82, 2.24) is 4.90 Å². The van der Waals surface area contributed by atoms with Gasteiger partial charge in [-0.05, 0) is 25.0 Å². The molecule has 0 bridgehead atoms. The molecule has 0 heterocycles. The van der Waals surface area contributed by atoms with Crippen LogP contribution in [0.2, 0.25) is 0 Å². The van der Waals surface area contributed by atoms with E-state index in [9.17, 15) is 0 Å². The zero-order valence-corrected chi connectivity index (χ0v) is 12.8. The van der Waals surface area contributed by atoms with E-state index < -0.39 is 0 Å². The Kier molecular flexibility index (Phi) is 9.24. The lowest BCUT2D eigenvalue weighted by atomic mass is 10.1. The van der Waals surface area contributed by atoms with E-state index in [1.54, 1.807) is 0 Å². The second kappa shape index (κ2) is 10.8. The van der Waals surface area contributed by atoms with Gasteiger partial charge in [-0.25, -0.2) is 0 Å². The Bertz CT molecular complexity index is 331. The summed E-state index contributed by atoms with van der Waals surface area (Å²) < 4.78 is 10.9. The first-order valence-corrected chi connectivity index (χ1v) is 7.45. The number of nitrogens with two attached hydrogens (primary N) is 1. The summed E-state index contributed by atoms with van der Waals surface area (Å²) in [6.07, 6.45) is 0. The van der Waals surface area contributed by atoms with Crippen molar-refractivity contribution < 1.29 is 9.47 Å². The van der Waals surface area contributed by atoms with Gasteiger partial charge >= 0.3 is 0 Å². The summed E-state index contributed by atoms with van der Waals surface area (Å²) in [4.78, 5) is 2.36. The molecule has 0 radical (unpaired) electrons. The standard InChI is InChI=1S/C16H28N2O2/c1-3-19-11-9-18(10-12-20-4-2)14-16-7-5-15(13-17)6-8-16/h5-8H,3-4,9-14,17H2,1-2H3. The minimum absolute atomic E-state index is 0.596. The number of rotatable bonds is 11. The summed E-state index contributed by atoms with van der Waals surface area (Å²) in [5.74, 6) is 0. The predicted molar refractivity (Wildman–Crippen MR) is 82.6 cm³/mol. The summed E-state index contributed by atoms with van der Waals surface area (Å²) >= 11 is 0. The Morgan fingerprint density at radius 1 is 0.900 bits per heavy atom. The first-order chi connectivity index (χ1) is 9.80. The first-order valence-electron chi connectivity index (χ1n) is 7.45. The Morgan fingerprint density at radius 2 is 1.40 bits per heavy atom. The topological polar surface area (TPSA) is 47.7 Å². The molecule has 0 aromatic heterocycles. The van der Waals surface area contributed by atoms with Crippen LogP contribution in [0.1, 0.15) is 25.0 Å². The summed E-state index contributed by atoms with van der Waals surface area (Å²) in [6, 6.07) is 8.49. The molecule has 114 valence electrons. The van der Waals surface area contributed by atoms with Gasteiger partial charge in [0, 0.05) is 39.4 Å². The third kappa shape index (κ3) is 7.01. The number of hydrogen-bond acceptors (Lipinski definition) is 4. The lowest BCUT2D eigenvalue weighted by Crippen LogP contribution is -2.30. The molecule has 0 amide bonds. The van der Waals surface area contributed by atoms with Crippen LogP contribution in [-0.4, -0.2) is 44.4 Å². The summed E-state index contributed by atoms with van der Waals surface area (Å²) in [7, 11) is 0. The number of benzene rings is 1. The molecule has 0 saturated heterocycles. The van der Waals surface area contributed by atoms with Crippen molar-refractivity contribution in [3.63, 3.8) is 0 Å². The number of ether oxygens (including phenoxy) is 2. The highest BCUT2D eigenvalue weighted by atomic mass is 16.5. The van der Waals surface area contributed by atoms with Crippen LogP contribution in [0.3, 0.4) is 0 Å². The minimum Gasteiger partial charge on any atom is -0.380 e. The smallest absolute Gasteiger partial charge is 0.0593 e. The molecule has 0 unspecified atom stereocenters. The van der Waals surface area contributed by atoms with Crippen molar-refractivity contribution in [3.05, 3.63) is 35.4 Å². The van der Waals surface area contributed by atoms with Crippen molar-refractivity contribution >= 4 is 0 Å². The fourth-order valence-corrected chi connectivity index (χ4v) is 1.98. The van der Waals surface area contributed by atoms with Crippen molar-refractivity contribution in [2.24, 2.45) is 5.73 Å². The maximum absolute atomic E-state index is 5.62. The molecule has 0 saturated carbocycles. The van der Waals surface area contributed by atoms with E-state index >= 15 is 0 Å². The second-order valence-corrected chi connectivity index (χ2v) is 4.69. The number of hydrogen-bond donors (Lipinski definition) is 1. The molecule has 20 heavy (non-hydrogen) atoms. The van der Waals surface area contributed by atoms with Gasteiger partial charge in [0.2, 0.25) is 0 Å². The van der Waals surface area contributed by atoms with Crippen LogP contribution < -0.4 is 5.73 Å². The molecule has 2 N–H and O–H groups in total. The van der Waals surface area contributed by atoms with Gasteiger partial charge in [-0.1, -0.05) is 24.3 Å². The lowest BCUT2D eigenvalue weighted by Gasteiger charge is -2.22. The molecular formula is C16H28N2O2. The Balaban J connectivity index is 2.47. The molecule has 1 rings (SSSR count). The van der Waals surface area contributed by atoms with E-state index in [-0.39, 0.29) is 0 Å². The van der Waals surface area contributed by atoms with E-state index in [4.69, 9.17) is 15.2 Å². The SMILES string of the molecule is CCOCCN(CCOCC)Cc1ccc(CN)cc1. The maximum Gasteiger partial charge on any atom is 0.0593 e. The van der Waals surface area contributed by atoms with Gasteiger partial charge in [-0.2, -0.15) is 0 Å². The third-order valence-corrected chi connectivity index (χ3v) is 3.18. The molecule has 0 atom stereocenters. The molecule has 0 aliphatic heterocycles. The lowest BCUT2D eigenvalue weighted by molar-refractivity contribution is 0.0798. The highest BCUT2D eigenvalue weighted by Crippen LogP contribution is 2.07. The van der Waals surface area contributed by atoms with E-state index in [1.807, 2.05) is 13.8 Å². The third-order valence-electron chi connectivity index (χ3n) is 3.18. The normalized spacial score (nSPS) is 11.2. The van der Waals surface area contributed by atoms with E-state index in [2.05, 4.69) is 29.2 Å². The monoisotopic (exact) mass is 280 g/mol. The van der Waals surface area contributed by atoms with Crippen LogP contribution in [0.5, 0.6) is 0 Å². The molecule has 0 spiro atoms. The average molecular weight is 280 g/mol. The summed E-state index contributed by atoms with van der Waals surface area (Å²) in [5.41, 5.74) is 8.09.